The van der Waals surface area contributed by atoms with Crippen molar-refractivity contribution in [1.82, 2.24) is 0 Å². The van der Waals surface area contributed by atoms with Crippen LogP contribution in [-0.4, -0.2) is 21.0 Å². The minimum Gasteiger partial charge on any atom is -0.298 e. The summed E-state index contributed by atoms with van der Waals surface area (Å²) in [6.07, 6.45) is 4.49. The Labute approximate surface area is 102 Å². The standard InChI is InChI=1S/C13H24O2S/c1-10-6-5-7-11(8-10)16(15)9-12(14)13(2,3)4/h10-11H,5-9H2,1-4H3. The molecule has 0 saturated heterocycles. The summed E-state index contributed by atoms with van der Waals surface area (Å²) in [6, 6.07) is 0. The fraction of sp³-hybridized carbons (Fsp3) is 0.923. The highest BCUT2D eigenvalue weighted by atomic mass is 32.2. The normalized spacial score (nSPS) is 28.8. The van der Waals surface area contributed by atoms with Crippen molar-refractivity contribution in [3.63, 3.8) is 0 Å². The van der Waals surface area contributed by atoms with Gasteiger partial charge in [0.15, 0.2) is 5.78 Å². The van der Waals surface area contributed by atoms with Crippen LogP contribution >= 0.6 is 0 Å². The summed E-state index contributed by atoms with van der Waals surface area (Å²) in [6.45, 7) is 7.91. The summed E-state index contributed by atoms with van der Waals surface area (Å²) in [5.74, 6) is 1.05. The number of ketones is 1. The maximum Gasteiger partial charge on any atom is 0.150 e. The number of carbonyl (C=O) groups excluding carboxylic acids is 1. The van der Waals surface area contributed by atoms with Crippen LogP contribution in [0.15, 0.2) is 0 Å². The SMILES string of the molecule is CC1CCCC(S(=O)CC(=O)C(C)(C)C)C1. The summed E-state index contributed by atoms with van der Waals surface area (Å²) in [5, 5.41) is 0.259. The molecule has 0 heterocycles. The lowest BCUT2D eigenvalue weighted by Crippen LogP contribution is -2.32. The second-order valence-electron chi connectivity index (χ2n) is 6.09. The molecule has 3 unspecified atom stereocenters. The van der Waals surface area contributed by atoms with Crippen LogP contribution in [0.5, 0.6) is 0 Å². The Bertz CT molecular complexity index is 278. The highest BCUT2D eigenvalue weighted by Gasteiger charge is 2.28. The van der Waals surface area contributed by atoms with Gasteiger partial charge >= 0.3 is 0 Å². The number of hydrogen-bond donors (Lipinski definition) is 0. The summed E-state index contributed by atoms with van der Waals surface area (Å²) >= 11 is 0. The van der Waals surface area contributed by atoms with Crippen LogP contribution in [0.3, 0.4) is 0 Å². The molecule has 0 aliphatic heterocycles. The van der Waals surface area contributed by atoms with E-state index in [0.29, 0.717) is 5.92 Å². The first-order chi connectivity index (χ1) is 7.30. The fourth-order valence-corrected chi connectivity index (χ4v) is 3.98. The van der Waals surface area contributed by atoms with Crippen LogP contribution in [0.25, 0.3) is 0 Å². The molecule has 1 aliphatic rings. The largest absolute Gasteiger partial charge is 0.298 e. The van der Waals surface area contributed by atoms with Crippen molar-refractivity contribution in [2.45, 2.75) is 58.6 Å². The van der Waals surface area contributed by atoms with Gasteiger partial charge in [-0.2, -0.15) is 0 Å². The first kappa shape index (κ1) is 13.9. The van der Waals surface area contributed by atoms with E-state index in [2.05, 4.69) is 6.92 Å². The second kappa shape index (κ2) is 5.44. The maximum absolute atomic E-state index is 12.1. The number of carbonyl (C=O) groups is 1. The molecule has 0 N–H and O–H groups in total. The molecule has 1 rings (SSSR count). The Kier molecular flexibility index (Phi) is 4.72. The van der Waals surface area contributed by atoms with Gasteiger partial charge in [0, 0.05) is 21.5 Å². The monoisotopic (exact) mass is 244 g/mol. The molecule has 0 spiro atoms. The van der Waals surface area contributed by atoms with Gasteiger partial charge in [-0.3, -0.25) is 9.00 Å². The quantitative estimate of drug-likeness (QED) is 0.765. The van der Waals surface area contributed by atoms with Gasteiger partial charge in [-0.1, -0.05) is 40.5 Å². The maximum atomic E-state index is 12.1. The van der Waals surface area contributed by atoms with E-state index in [-0.39, 0.29) is 22.2 Å². The molecule has 0 aromatic rings. The predicted octanol–water partition coefficient (Wildman–Crippen LogP) is 2.93. The Morgan fingerprint density at radius 2 is 1.94 bits per heavy atom. The van der Waals surface area contributed by atoms with Crippen LogP contribution in [0.1, 0.15) is 53.4 Å². The molecule has 1 fully saturated rings. The molecule has 0 bridgehead atoms. The van der Waals surface area contributed by atoms with Gasteiger partial charge in [0.05, 0.1) is 5.75 Å². The summed E-state index contributed by atoms with van der Waals surface area (Å²) in [4.78, 5) is 11.8. The molecule has 1 saturated carbocycles. The van der Waals surface area contributed by atoms with Crippen LogP contribution in [-0.2, 0) is 15.6 Å². The number of hydrogen-bond acceptors (Lipinski definition) is 2. The van der Waals surface area contributed by atoms with Crippen LogP contribution in [0.4, 0.5) is 0 Å². The molecule has 0 amide bonds. The topological polar surface area (TPSA) is 34.1 Å². The Morgan fingerprint density at radius 3 is 2.44 bits per heavy atom. The van der Waals surface area contributed by atoms with E-state index in [9.17, 15) is 9.00 Å². The van der Waals surface area contributed by atoms with E-state index < -0.39 is 10.8 Å². The molecule has 2 nitrogen and oxygen atoms in total. The molecule has 0 aromatic heterocycles. The highest BCUT2D eigenvalue weighted by Crippen LogP contribution is 2.28. The Balaban J connectivity index is 2.49. The van der Waals surface area contributed by atoms with E-state index in [0.717, 1.165) is 12.8 Å². The minimum absolute atomic E-state index is 0.129. The van der Waals surface area contributed by atoms with Gasteiger partial charge in [-0.25, -0.2) is 0 Å². The van der Waals surface area contributed by atoms with Gasteiger partial charge in [-0.15, -0.1) is 0 Å². The first-order valence-corrected chi connectivity index (χ1v) is 7.59. The van der Waals surface area contributed by atoms with E-state index in [1.165, 1.54) is 12.8 Å². The van der Waals surface area contributed by atoms with Crippen molar-refractivity contribution < 1.29 is 9.00 Å². The summed E-state index contributed by atoms with van der Waals surface area (Å²) < 4.78 is 12.1. The third-order valence-corrected chi connectivity index (χ3v) is 5.09. The fourth-order valence-electron chi connectivity index (χ4n) is 2.08. The summed E-state index contributed by atoms with van der Waals surface area (Å²) in [7, 11) is -0.953. The average molecular weight is 244 g/mol. The highest BCUT2D eigenvalue weighted by molar-refractivity contribution is 7.86. The molecule has 0 radical (unpaired) electrons. The zero-order chi connectivity index (χ0) is 12.3. The van der Waals surface area contributed by atoms with Crippen molar-refractivity contribution in [3.05, 3.63) is 0 Å². The molecule has 16 heavy (non-hydrogen) atoms. The molecule has 0 aromatic carbocycles. The summed E-state index contributed by atoms with van der Waals surface area (Å²) in [5.41, 5.74) is -0.351. The first-order valence-electron chi connectivity index (χ1n) is 6.21. The zero-order valence-corrected chi connectivity index (χ0v) is 11.7. The molecule has 1 aliphatic carbocycles. The number of rotatable bonds is 3. The van der Waals surface area contributed by atoms with E-state index in [4.69, 9.17) is 0 Å². The third-order valence-electron chi connectivity index (χ3n) is 3.37. The average Bonchev–Trinajstić information content (AvgIpc) is 2.16. The van der Waals surface area contributed by atoms with E-state index >= 15 is 0 Å². The van der Waals surface area contributed by atoms with Crippen LogP contribution in [0, 0.1) is 11.3 Å². The van der Waals surface area contributed by atoms with E-state index in [1.54, 1.807) is 0 Å². The molecule has 94 valence electrons. The Morgan fingerprint density at radius 1 is 1.31 bits per heavy atom. The lowest BCUT2D eigenvalue weighted by Gasteiger charge is -2.26. The molecule has 3 heteroatoms. The van der Waals surface area contributed by atoms with Crippen molar-refractivity contribution in [3.8, 4) is 0 Å². The van der Waals surface area contributed by atoms with Crippen molar-refractivity contribution in [2.75, 3.05) is 5.75 Å². The molecule has 3 atom stereocenters. The zero-order valence-electron chi connectivity index (χ0n) is 10.9. The van der Waals surface area contributed by atoms with Gasteiger partial charge in [-0.05, 0) is 18.8 Å². The lowest BCUT2D eigenvalue weighted by molar-refractivity contribution is -0.123. The number of Topliss-reactive ketones (excluding diaryl/α,β-unsaturated/α-hetero) is 1. The van der Waals surface area contributed by atoms with Crippen molar-refractivity contribution in [1.29, 1.82) is 0 Å². The Hall–Kier alpha value is -0.180. The molecular weight excluding hydrogens is 220 g/mol. The van der Waals surface area contributed by atoms with Crippen molar-refractivity contribution >= 4 is 16.6 Å². The predicted molar refractivity (Wildman–Crippen MR) is 68.9 cm³/mol. The van der Waals surface area contributed by atoms with Crippen LogP contribution < -0.4 is 0 Å². The van der Waals surface area contributed by atoms with Gasteiger partial charge < -0.3 is 0 Å². The third kappa shape index (κ3) is 4.00. The van der Waals surface area contributed by atoms with Gasteiger partial charge in [0.1, 0.15) is 0 Å². The van der Waals surface area contributed by atoms with Gasteiger partial charge in [0.25, 0.3) is 0 Å². The van der Waals surface area contributed by atoms with Crippen LogP contribution in [0.2, 0.25) is 0 Å². The van der Waals surface area contributed by atoms with Crippen molar-refractivity contribution in [2.24, 2.45) is 11.3 Å². The minimum atomic E-state index is -0.953. The smallest absolute Gasteiger partial charge is 0.150 e. The second-order valence-corrected chi connectivity index (χ2v) is 7.81. The molecular formula is C13H24O2S. The van der Waals surface area contributed by atoms with Gasteiger partial charge in [0.2, 0.25) is 0 Å². The van der Waals surface area contributed by atoms with E-state index in [1.807, 2.05) is 20.8 Å². The lowest BCUT2D eigenvalue weighted by atomic mass is 9.90.